The first-order valence-electron chi connectivity index (χ1n) is 8.32. The predicted octanol–water partition coefficient (Wildman–Crippen LogP) is 2.78. The van der Waals surface area contributed by atoms with Crippen LogP contribution in [0.3, 0.4) is 0 Å². The number of rotatable bonds is 12. The van der Waals surface area contributed by atoms with E-state index in [0.29, 0.717) is 19.2 Å². The lowest BCUT2D eigenvalue weighted by molar-refractivity contribution is 0.104. The van der Waals surface area contributed by atoms with Crippen molar-refractivity contribution in [1.82, 2.24) is 5.32 Å². The van der Waals surface area contributed by atoms with Crippen molar-refractivity contribution in [3.8, 4) is 5.75 Å². The third-order valence-corrected chi connectivity index (χ3v) is 3.30. The van der Waals surface area contributed by atoms with Crippen LogP contribution in [-0.2, 0) is 11.2 Å². The molecule has 0 aliphatic carbocycles. The normalized spacial score (nSPS) is 12.6. The molecular formula is C18H31NO3. The summed E-state index contributed by atoms with van der Waals surface area (Å²) < 4.78 is 11.2. The second-order valence-electron chi connectivity index (χ2n) is 5.89. The molecule has 126 valence electrons. The summed E-state index contributed by atoms with van der Waals surface area (Å²) in [6.45, 7) is 8.73. The molecule has 0 bridgehead atoms. The zero-order valence-corrected chi connectivity index (χ0v) is 14.2. The minimum Gasteiger partial charge on any atom is -0.491 e. The van der Waals surface area contributed by atoms with Gasteiger partial charge in [-0.3, -0.25) is 0 Å². The van der Waals surface area contributed by atoms with Crippen LogP contribution in [0.2, 0.25) is 0 Å². The van der Waals surface area contributed by atoms with Crippen LogP contribution in [0.25, 0.3) is 0 Å². The van der Waals surface area contributed by atoms with Crippen molar-refractivity contribution < 1.29 is 14.6 Å². The van der Waals surface area contributed by atoms with E-state index in [2.05, 4.69) is 38.2 Å². The highest BCUT2D eigenvalue weighted by atomic mass is 16.5. The van der Waals surface area contributed by atoms with Crippen LogP contribution in [0.15, 0.2) is 24.3 Å². The molecule has 2 N–H and O–H groups in total. The number of hydrogen-bond acceptors (Lipinski definition) is 4. The van der Waals surface area contributed by atoms with Gasteiger partial charge in [0.1, 0.15) is 18.5 Å². The van der Waals surface area contributed by atoms with Crippen molar-refractivity contribution in [2.45, 2.75) is 52.2 Å². The molecule has 0 fully saturated rings. The first-order chi connectivity index (χ1) is 10.6. The maximum absolute atomic E-state index is 9.80. The molecule has 0 amide bonds. The van der Waals surface area contributed by atoms with E-state index in [0.717, 1.165) is 31.8 Å². The molecule has 4 nitrogen and oxygen atoms in total. The fourth-order valence-corrected chi connectivity index (χ4v) is 1.91. The van der Waals surface area contributed by atoms with Crippen LogP contribution >= 0.6 is 0 Å². The van der Waals surface area contributed by atoms with E-state index >= 15 is 0 Å². The molecule has 0 aromatic heterocycles. The second kappa shape index (κ2) is 11.5. The number of aliphatic hydroxyl groups is 1. The van der Waals surface area contributed by atoms with Gasteiger partial charge in [-0.15, -0.1) is 0 Å². The second-order valence-corrected chi connectivity index (χ2v) is 5.89. The maximum atomic E-state index is 9.80. The largest absolute Gasteiger partial charge is 0.491 e. The Balaban J connectivity index is 2.21. The van der Waals surface area contributed by atoms with Crippen molar-refractivity contribution in [1.29, 1.82) is 0 Å². The van der Waals surface area contributed by atoms with E-state index in [1.54, 1.807) is 0 Å². The summed E-state index contributed by atoms with van der Waals surface area (Å²) in [5.74, 6) is 0.791. The molecule has 22 heavy (non-hydrogen) atoms. The summed E-state index contributed by atoms with van der Waals surface area (Å²) in [4.78, 5) is 0. The van der Waals surface area contributed by atoms with Gasteiger partial charge in [-0.25, -0.2) is 0 Å². The van der Waals surface area contributed by atoms with Crippen molar-refractivity contribution in [3.05, 3.63) is 29.8 Å². The van der Waals surface area contributed by atoms with Crippen molar-refractivity contribution in [3.63, 3.8) is 0 Å². The number of nitrogens with one attached hydrogen (secondary N) is 1. The molecule has 1 aromatic carbocycles. The zero-order chi connectivity index (χ0) is 16.2. The van der Waals surface area contributed by atoms with Crippen LogP contribution in [0.4, 0.5) is 0 Å². The standard InChI is InChI=1S/C18H31NO3/c1-4-5-11-21-12-10-16-6-8-18(9-7-16)22-14-17(20)13-19-15(2)3/h6-9,15,17,19-20H,4-5,10-14H2,1-3H3/t17-/m1/s1. The number of hydrogen-bond donors (Lipinski definition) is 2. The SMILES string of the molecule is CCCCOCCc1ccc(OC[C@H](O)CNC(C)C)cc1. The molecule has 0 radical (unpaired) electrons. The zero-order valence-electron chi connectivity index (χ0n) is 14.2. The van der Waals surface area contributed by atoms with Crippen LogP contribution in [-0.4, -0.2) is 43.6 Å². The molecule has 0 saturated heterocycles. The molecule has 1 aromatic rings. The van der Waals surface area contributed by atoms with Gasteiger partial charge < -0.3 is 19.9 Å². The minimum atomic E-state index is -0.492. The topological polar surface area (TPSA) is 50.7 Å². The van der Waals surface area contributed by atoms with Gasteiger partial charge in [0, 0.05) is 19.2 Å². The molecular weight excluding hydrogens is 278 g/mol. The third kappa shape index (κ3) is 9.03. The minimum absolute atomic E-state index is 0.305. The van der Waals surface area contributed by atoms with Gasteiger partial charge in [0.25, 0.3) is 0 Å². The van der Waals surface area contributed by atoms with Crippen LogP contribution in [0, 0.1) is 0 Å². The van der Waals surface area contributed by atoms with E-state index in [9.17, 15) is 5.11 Å². The Morgan fingerprint density at radius 3 is 2.50 bits per heavy atom. The molecule has 1 atom stereocenters. The summed E-state index contributed by atoms with van der Waals surface area (Å²) in [5.41, 5.74) is 1.24. The molecule has 1 rings (SSSR count). The first kappa shape index (κ1) is 18.9. The Kier molecular flexibility index (Phi) is 9.87. The third-order valence-electron chi connectivity index (χ3n) is 3.30. The summed E-state index contributed by atoms with van der Waals surface area (Å²) in [6.07, 6.45) is 2.73. The van der Waals surface area contributed by atoms with E-state index < -0.39 is 6.10 Å². The Labute approximate surface area is 134 Å². The molecule has 0 spiro atoms. The van der Waals surface area contributed by atoms with Crippen LogP contribution in [0.1, 0.15) is 39.2 Å². The monoisotopic (exact) mass is 309 g/mol. The smallest absolute Gasteiger partial charge is 0.119 e. The molecule has 4 heteroatoms. The number of ether oxygens (including phenoxy) is 2. The van der Waals surface area contributed by atoms with E-state index in [1.165, 1.54) is 12.0 Å². The number of aliphatic hydroxyl groups excluding tert-OH is 1. The van der Waals surface area contributed by atoms with Gasteiger partial charge >= 0.3 is 0 Å². The van der Waals surface area contributed by atoms with Crippen LogP contribution < -0.4 is 10.1 Å². The van der Waals surface area contributed by atoms with E-state index in [-0.39, 0.29) is 0 Å². The quantitative estimate of drug-likeness (QED) is 0.583. The Hall–Kier alpha value is -1.10. The highest BCUT2D eigenvalue weighted by molar-refractivity contribution is 5.27. The van der Waals surface area contributed by atoms with Gasteiger partial charge in [-0.1, -0.05) is 39.3 Å². The van der Waals surface area contributed by atoms with Gasteiger partial charge in [-0.05, 0) is 30.5 Å². The first-order valence-corrected chi connectivity index (χ1v) is 8.32. The van der Waals surface area contributed by atoms with Gasteiger partial charge in [0.2, 0.25) is 0 Å². The van der Waals surface area contributed by atoms with E-state index in [4.69, 9.17) is 9.47 Å². The van der Waals surface area contributed by atoms with E-state index in [1.807, 2.05) is 12.1 Å². The molecule has 0 aliphatic rings. The molecule has 0 aliphatic heterocycles. The van der Waals surface area contributed by atoms with Crippen molar-refractivity contribution in [2.24, 2.45) is 0 Å². The lowest BCUT2D eigenvalue weighted by Crippen LogP contribution is -2.35. The van der Waals surface area contributed by atoms with Crippen LogP contribution in [0.5, 0.6) is 5.75 Å². The Morgan fingerprint density at radius 2 is 1.86 bits per heavy atom. The lowest BCUT2D eigenvalue weighted by Gasteiger charge is -2.15. The summed E-state index contributed by atoms with van der Waals surface area (Å²) in [7, 11) is 0. The maximum Gasteiger partial charge on any atom is 0.119 e. The van der Waals surface area contributed by atoms with Crippen molar-refractivity contribution in [2.75, 3.05) is 26.4 Å². The average Bonchev–Trinajstić information content (AvgIpc) is 2.52. The highest BCUT2D eigenvalue weighted by Crippen LogP contribution is 2.13. The average molecular weight is 309 g/mol. The Bertz CT molecular complexity index is 378. The van der Waals surface area contributed by atoms with Gasteiger partial charge in [-0.2, -0.15) is 0 Å². The molecule has 0 heterocycles. The predicted molar refractivity (Wildman–Crippen MR) is 90.5 cm³/mol. The summed E-state index contributed by atoms with van der Waals surface area (Å²) in [5, 5.41) is 13.0. The fraction of sp³-hybridized carbons (Fsp3) is 0.667. The van der Waals surface area contributed by atoms with Crippen molar-refractivity contribution >= 4 is 0 Å². The molecule has 0 unspecified atom stereocenters. The highest BCUT2D eigenvalue weighted by Gasteiger charge is 2.06. The van der Waals surface area contributed by atoms with Gasteiger partial charge in [0.15, 0.2) is 0 Å². The lowest BCUT2D eigenvalue weighted by atomic mass is 10.1. The summed E-state index contributed by atoms with van der Waals surface area (Å²) >= 11 is 0. The fourth-order valence-electron chi connectivity index (χ4n) is 1.91. The number of unbranched alkanes of at least 4 members (excludes halogenated alkanes) is 1. The van der Waals surface area contributed by atoms with Gasteiger partial charge in [0.05, 0.1) is 6.61 Å². The number of benzene rings is 1. The molecule has 0 saturated carbocycles. The summed E-state index contributed by atoms with van der Waals surface area (Å²) in [6, 6.07) is 8.37. The Morgan fingerprint density at radius 1 is 1.14 bits per heavy atom.